The third-order valence-electron chi connectivity index (χ3n) is 4.23. The fourth-order valence-electron chi connectivity index (χ4n) is 3.09. The monoisotopic (exact) mass is 298 g/mol. The van der Waals surface area contributed by atoms with Crippen LogP contribution in [0.3, 0.4) is 0 Å². The van der Waals surface area contributed by atoms with Gasteiger partial charge in [-0.15, -0.1) is 0 Å². The van der Waals surface area contributed by atoms with Crippen molar-refractivity contribution in [1.82, 2.24) is 10.6 Å². The van der Waals surface area contributed by atoms with Gasteiger partial charge < -0.3 is 15.7 Å². The van der Waals surface area contributed by atoms with Crippen molar-refractivity contribution in [3.8, 4) is 0 Å². The topological polar surface area (TPSA) is 78.4 Å². The van der Waals surface area contributed by atoms with Crippen LogP contribution in [0.1, 0.15) is 72.1 Å². The molecule has 0 aliphatic heterocycles. The Hall–Kier alpha value is -1.26. The molecule has 0 radical (unpaired) electrons. The van der Waals surface area contributed by atoms with E-state index in [9.17, 15) is 9.59 Å². The molecule has 0 aromatic rings. The summed E-state index contributed by atoms with van der Waals surface area (Å²) in [5.74, 6) is -0.162. The third kappa shape index (κ3) is 6.82. The van der Waals surface area contributed by atoms with Crippen LogP contribution >= 0.6 is 0 Å². The Labute approximate surface area is 127 Å². The lowest BCUT2D eigenvalue weighted by atomic mass is 9.93. The molecule has 122 valence electrons. The number of carbonyl (C=O) groups is 2. The zero-order valence-corrected chi connectivity index (χ0v) is 13.6. The molecule has 5 heteroatoms. The first-order valence-corrected chi connectivity index (χ1v) is 8.13. The van der Waals surface area contributed by atoms with Gasteiger partial charge in [0.2, 0.25) is 0 Å². The maximum Gasteiger partial charge on any atom is 0.315 e. The van der Waals surface area contributed by atoms with E-state index >= 15 is 0 Å². The Balaban J connectivity index is 2.38. The minimum absolute atomic E-state index is 0.0160. The zero-order valence-electron chi connectivity index (χ0n) is 13.6. The summed E-state index contributed by atoms with van der Waals surface area (Å²) in [5, 5.41) is 14.9. The fraction of sp³-hybridized carbons (Fsp3) is 0.875. The number of nitrogens with one attached hydrogen (secondary N) is 2. The summed E-state index contributed by atoms with van der Waals surface area (Å²) in [4.78, 5) is 23.1. The van der Waals surface area contributed by atoms with Crippen molar-refractivity contribution >= 4 is 12.0 Å². The molecule has 1 aliphatic carbocycles. The van der Waals surface area contributed by atoms with Gasteiger partial charge in [0.15, 0.2) is 0 Å². The van der Waals surface area contributed by atoms with Gasteiger partial charge in [0.05, 0.1) is 12.0 Å². The number of aliphatic carboxylic acids is 1. The summed E-state index contributed by atoms with van der Waals surface area (Å²) in [5.41, 5.74) is -0.548. The number of hydrogen-bond donors (Lipinski definition) is 3. The van der Waals surface area contributed by atoms with Crippen molar-refractivity contribution in [2.75, 3.05) is 0 Å². The number of amides is 2. The summed E-state index contributed by atoms with van der Waals surface area (Å²) in [6.07, 6.45) is 6.72. The summed E-state index contributed by atoms with van der Waals surface area (Å²) in [6, 6.07) is -0.109. The van der Waals surface area contributed by atoms with Gasteiger partial charge in [0.25, 0.3) is 0 Å². The molecule has 1 rings (SSSR count). The molecule has 0 aromatic heterocycles. The molecule has 1 atom stereocenters. The number of carboxylic acid groups (broad SMARTS) is 1. The first-order chi connectivity index (χ1) is 9.83. The molecular formula is C16H30N2O3. The molecule has 0 aromatic carbocycles. The van der Waals surface area contributed by atoms with Crippen LogP contribution in [0, 0.1) is 5.92 Å². The third-order valence-corrected chi connectivity index (χ3v) is 4.23. The first kappa shape index (κ1) is 17.8. The van der Waals surface area contributed by atoms with Crippen LogP contribution in [0.15, 0.2) is 0 Å². The zero-order chi connectivity index (χ0) is 15.9. The molecule has 0 bridgehead atoms. The summed E-state index contributed by atoms with van der Waals surface area (Å²) >= 11 is 0. The van der Waals surface area contributed by atoms with E-state index in [2.05, 4.69) is 24.5 Å². The highest BCUT2D eigenvalue weighted by Crippen LogP contribution is 2.32. The Kier molecular flexibility index (Phi) is 6.99. The molecule has 1 unspecified atom stereocenters. The number of urea groups is 1. The lowest BCUT2D eigenvalue weighted by molar-refractivity contribution is -0.138. The standard InChI is InChI=1S/C16H30N2O3/c1-12(2)7-6-8-13(3)17-15(21)18-16(11-14(19)20)9-4-5-10-16/h12-13H,4-11H2,1-3H3,(H,19,20)(H2,17,18,21). The van der Waals surface area contributed by atoms with Crippen molar-refractivity contribution < 1.29 is 14.7 Å². The van der Waals surface area contributed by atoms with Crippen molar-refractivity contribution in [3.63, 3.8) is 0 Å². The van der Waals surface area contributed by atoms with Gasteiger partial charge in [-0.05, 0) is 32.1 Å². The van der Waals surface area contributed by atoms with Crippen molar-refractivity contribution in [2.45, 2.75) is 83.7 Å². The van der Waals surface area contributed by atoms with Gasteiger partial charge >= 0.3 is 12.0 Å². The molecule has 0 saturated heterocycles. The second-order valence-electron chi connectivity index (χ2n) is 6.88. The average Bonchev–Trinajstić information content (AvgIpc) is 2.75. The Morgan fingerprint density at radius 3 is 2.29 bits per heavy atom. The van der Waals surface area contributed by atoms with Crippen molar-refractivity contribution in [2.24, 2.45) is 5.92 Å². The molecule has 0 spiro atoms. The number of rotatable bonds is 8. The normalized spacial score (nSPS) is 18.5. The van der Waals surface area contributed by atoms with Crippen molar-refractivity contribution in [3.05, 3.63) is 0 Å². The van der Waals surface area contributed by atoms with Crippen molar-refractivity contribution in [1.29, 1.82) is 0 Å². The highest BCUT2D eigenvalue weighted by atomic mass is 16.4. The molecule has 1 saturated carbocycles. The molecule has 3 N–H and O–H groups in total. The Bertz CT molecular complexity index is 349. The highest BCUT2D eigenvalue weighted by molar-refractivity contribution is 5.77. The van der Waals surface area contributed by atoms with E-state index in [0.29, 0.717) is 5.92 Å². The van der Waals surface area contributed by atoms with Crippen LogP contribution in [0.2, 0.25) is 0 Å². The van der Waals surface area contributed by atoms with Gasteiger partial charge in [-0.1, -0.05) is 39.5 Å². The minimum Gasteiger partial charge on any atom is -0.481 e. The van der Waals surface area contributed by atoms with Gasteiger partial charge in [-0.25, -0.2) is 4.79 Å². The first-order valence-electron chi connectivity index (χ1n) is 8.13. The second-order valence-corrected chi connectivity index (χ2v) is 6.88. The Morgan fingerprint density at radius 1 is 1.14 bits per heavy atom. The smallest absolute Gasteiger partial charge is 0.315 e. The number of carboxylic acids is 1. The summed E-state index contributed by atoms with van der Waals surface area (Å²) in [7, 11) is 0. The highest BCUT2D eigenvalue weighted by Gasteiger charge is 2.37. The second kappa shape index (κ2) is 8.25. The van der Waals surface area contributed by atoms with Crippen LogP contribution in [0.4, 0.5) is 4.79 Å². The lowest BCUT2D eigenvalue weighted by Gasteiger charge is -2.29. The van der Waals surface area contributed by atoms with Gasteiger partial charge in [0, 0.05) is 6.04 Å². The molecule has 2 amide bonds. The maximum atomic E-state index is 12.1. The predicted octanol–water partition coefficient (Wildman–Crippen LogP) is 3.29. The minimum atomic E-state index is -0.845. The van der Waals surface area contributed by atoms with Crippen LogP contribution < -0.4 is 10.6 Å². The molecular weight excluding hydrogens is 268 g/mol. The van der Waals surface area contributed by atoms with E-state index in [1.165, 1.54) is 0 Å². The molecule has 5 nitrogen and oxygen atoms in total. The van der Waals surface area contributed by atoms with E-state index < -0.39 is 11.5 Å². The molecule has 1 fully saturated rings. The largest absolute Gasteiger partial charge is 0.481 e. The van der Waals surface area contributed by atoms with E-state index in [0.717, 1.165) is 44.9 Å². The molecule has 0 heterocycles. The van der Waals surface area contributed by atoms with E-state index in [1.54, 1.807) is 0 Å². The SMILES string of the molecule is CC(C)CCCC(C)NC(=O)NC1(CC(=O)O)CCCC1. The van der Waals surface area contributed by atoms with E-state index in [-0.39, 0.29) is 18.5 Å². The van der Waals surface area contributed by atoms with E-state index in [4.69, 9.17) is 5.11 Å². The maximum absolute atomic E-state index is 12.1. The van der Waals surface area contributed by atoms with Gasteiger partial charge in [-0.3, -0.25) is 4.79 Å². The predicted molar refractivity (Wildman–Crippen MR) is 83.3 cm³/mol. The number of carbonyl (C=O) groups excluding carboxylic acids is 1. The summed E-state index contributed by atoms with van der Waals surface area (Å²) in [6.45, 7) is 6.39. The van der Waals surface area contributed by atoms with Crippen LogP contribution in [0.5, 0.6) is 0 Å². The lowest BCUT2D eigenvalue weighted by Crippen LogP contribution is -2.53. The fourth-order valence-corrected chi connectivity index (χ4v) is 3.09. The van der Waals surface area contributed by atoms with Gasteiger partial charge in [-0.2, -0.15) is 0 Å². The van der Waals surface area contributed by atoms with Crippen LogP contribution in [0.25, 0.3) is 0 Å². The average molecular weight is 298 g/mol. The van der Waals surface area contributed by atoms with Crippen LogP contribution in [-0.2, 0) is 4.79 Å². The van der Waals surface area contributed by atoms with Gasteiger partial charge in [0.1, 0.15) is 0 Å². The number of hydrogen-bond acceptors (Lipinski definition) is 2. The Morgan fingerprint density at radius 2 is 1.76 bits per heavy atom. The molecule has 21 heavy (non-hydrogen) atoms. The quantitative estimate of drug-likeness (QED) is 0.643. The molecule has 1 aliphatic rings. The van der Waals surface area contributed by atoms with Crippen LogP contribution in [-0.4, -0.2) is 28.7 Å². The van der Waals surface area contributed by atoms with E-state index in [1.807, 2.05) is 6.92 Å². The summed E-state index contributed by atoms with van der Waals surface area (Å²) < 4.78 is 0.